The predicted molar refractivity (Wildman–Crippen MR) is 83.9 cm³/mol. The number of aromatic nitrogens is 1. The number of rotatable bonds is 4. The van der Waals surface area contributed by atoms with Gasteiger partial charge in [-0.05, 0) is 56.7 Å². The van der Waals surface area contributed by atoms with Gasteiger partial charge in [0.1, 0.15) is 0 Å². The zero-order chi connectivity index (χ0) is 13.9. The van der Waals surface area contributed by atoms with Crippen LogP contribution in [0.15, 0.2) is 21.2 Å². The van der Waals surface area contributed by atoms with Crippen molar-refractivity contribution in [2.24, 2.45) is 5.92 Å². The SMILES string of the molecule is CC1CCCC(CO)(NCc2ncc(Br)cc2Br)C1. The van der Waals surface area contributed by atoms with Gasteiger partial charge in [-0.15, -0.1) is 0 Å². The van der Waals surface area contributed by atoms with Gasteiger partial charge < -0.3 is 10.4 Å². The van der Waals surface area contributed by atoms with Crippen molar-refractivity contribution in [2.75, 3.05) is 6.61 Å². The smallest absolute Gasteiger partial charge is 0.0684 e. The molecular formula is C14H20Br2N2O. The lowest BCUT2D eigenvalue weighted by atomic mass is 9.77. The van der Waals surface area contributed by atoms with Crippen LogP contribution in [-0.4, -0.2) is 22.2 Å². The lowest BCUT2D eigenvalue weighted by Crippen LogP contribution is -2.51. The first kappa shape index (κ1) is 15.4. The van der Waals surface area contributed by atoms with Gasteiger partial charge in [0.05, 0.1) is 12.3 Å². The third-order valence-electron chi connectivity index (χ3n) is 3.91. The van der Waals surface area contributed by atoms with Crippen molar-refractivity contribution >= 4 is 31.9 Å². The summed E-state index contributed by atoms with van der Waals surface area (Å²) in [6.45, 7) is 3.14. The summed E-state index contributed by atoms with van der Waals surface area (Å²) in [6.07, 6.45) is 6.34. The number of nitrogens with zero attached hydrogens (tertiary/aromatic N) is 1. The molecule has 5 heteroatoms. The highest BCUT2D eigenvalue weighted by molar-refractivity contribution is 9.11. The summed E-state index contributed by atoms with van der Waals surface area (Å²) in [5.74, 6) is 0.676. The fourth-order valence-electron chi connectivity index (χ4n) is 2.86. The van der Waals surface area contributed by atoms with Crippen LogP contribution in [0.3, 0.4) is 0 Å². The fourth-order valence-corrected chi connectivity index (χ4v) is 3.99. The van der Waals surface area contributed by atoms with Crippen LogP contribution in [0.25, 0.3) is 0 Å². The standard InChI is InChI=1S/C14H20Br2N2O/c1-10-3-2-4-14(6-10,9-19)18-8-13-12(16)5-11(15)7-17-13/h5,7,10,18-19H,2-4,6,8-9H2,1H3. The Labute approximate surface area is 131 Å². The third kappa shape index (κ3) is 4.00. The number of aliphatic hydroxyl groups excluding tert-OH is 1. The molecule has 1 aliphatic rings. The van der Waals surface area contributed by atoms with Gasteiger partial charge in [0, 0.05) is 27.2 Å². The van der Waals surface area contributed by atoms with Gasteiger partial charge in [-0.2, -0.15) is 0 Å². The first-order chi connectivity index (χ1) is 9.04. The van der Waals surface area contributed by atoms with Gasteiger partial charge >= 0.3 is 0 Å². The number of nitrogens with one attached hydrogen (secondary N) is 1. The van der Waals surface area contributed by atoms with Gasteiger partial charge in [-0.3, -0.25) is 4.98 Å². The molecule has 1 saturated carbocycles. The summed E-state index contributed by atoms with van der Waals surface area (Å²) in [5, 5.41) is 13.3. The molecule has 106 valence electrons. The Morgan fingerprint density at radius 1 is 1.53 bits per heavy atom. The van der Waals surface area contributed by atoms with Crippen LogP contribution in [0.4, 0.5) is 0 Å². The van der Waals surface area contributed by atoms with Crippen molar-refractivity contribution in [1.29, 1.82) is 0 Å². The lowest BCUT2D eigenvalue weighted by Gasteiger charge is -2.39. The Kier molecular flexibility index (Phi) is 5.40. The molecule has 0 spiro atoms. The van der Waals surface area contributed by atoms with Crippen molar-refractivity contribution in [3.63, 3.8) is 0 Å². The molecule has 2 rings (SSSR count). The van der Waals surface area contributed by atoms with Crippen LogP contribution >= 0.6 is 31.9 Å². The Hall–Kier alpha value is 0.0300. The van der Waals surface area contributed by atoms with E-state index in [2.05, 4.69) is 49.1 Å². The molecule has 2 atom stereocenters. The van der Waals surface area contributed by atoms with E-state index in [0.717, 1.165) is 27.5 Å². The van der Waals surface area contributed by atoms with Crippen LogP contribution in [0.2, 0.25) is 0 Å². The molecule has 1 aliphatic carbocycles. The van der Waals surface area contributed by atoms with E-state index in [0.29, 0.717) is 12.5 Å². The molecule has 1 fully saturated rings. The van der Waals surface area contributed by atoms with E-state index in [-0.39, 0.29) is 12.1 Å². The van der Waals surface area contributed by atoms with Crippen LogP contribution in [-0.2, 0) is 6.54 Å². The zero-order valence-electron chi connectivity index (χ0n) is 11.1. The Balaban J connectivity index is 2.03. The van der Waals surface area contributed by atoms with E-state index in [9.17, 15) is 5.11 Å². The Morgan fingerprint density at radius 2 is 2.32 bits per heavy atom. The van der Waals surface area contributed by atoms with Crippen LogP contribution in [0.1, 0.15) is 38.3 Å². The molecule has 2 N–H and O–H groups in total. The van der Waals surface area contributed by atoms with Gasteiger partial charge in [0.25, 0.3) is 0 Å². The second kappa shape index (κ2) is 6.66. The summed E-state index contributed by atoms with van der Waals surface area (Å²) in [7, 11) is 0. The largest absolute Gasteiger partial charge is 0.394 e. The van der Waals surface area contributed by atoms with Crippen molar-refractivity contribution in [3.8, 4) is 0 Å². The molecule has 3 nitrogen and oxygen atoms in total. The topological polar surface area (TPSA) is 45.1 Å². The highest BCUT2D eigenvalue weighted by Crippen LogP contribution is 2.32. The zero-order valence-corrected chi connectivity index (χ0v) is 14.3. The number of hydrogen-bond acceptors (Lipinski definition) is 3. The fraction of sp³-hybridized carbons (Fsp3) is 0.643. The molecule has 0 radical (unpaired) electrons. The first-order valence-corrected chi connectivity index (χ1v) is 8.29. The van der Waals surface area contributed by atoms with Crippen LogP contribution in [0.5, 0.6) is 0 Å². The van der Waals surface area contributed by atoms with Crippen molar-refractivity contribution in [2.45, 2.75) is 44.7 Å². The van der Waals surface area contributed by atoms with E-state index in [1.807, 2.05) is 6.07 Å². The maximum absolute atomic E-state index is 9.75. The van der Waals surface area contributed by atoms with Crippen molar-refractivity contribution in [3.05, 3.63) is 26.9 Å². The average molecular weight is 392 g/mol. The summed E-state index contributed by atoms with van der Waals surface area (Å²) in [5.41, 5.74) is 0.848. The Bertz CT molecular complexity index is 441. The molecule has 0 aliphatic heterocycles. The van der Waals surface area contributed by atoms with Gasteiger partial charge in [0.15, 0.2) is 0 Å². The molecule has 0 amide bonds. The summed E-state index contributed by atoms with van der Waals surface area (Å²) >= 11 is 6.93. The van der Waals surface area contributed by atoms with E-state index in [1.165, 1.54) is 12.8 Å². The molecule has 1 aromatic rings. The number of halogens is 2. The van der Waals surface area contributed by atoms with E-state index in [4.69, 9.17) is 0 Å². The first-order valence-electron chi connectivity index (χ1n) is 6.70. The number of pyridine rings is 1. The second-order valence-electron chi connectivity index (χ2n) is 5.58. The van der Waals surface area contributed by atoms with E-state index >= 15 is 0 Å². The third-order valence-corrected chi connectivity index (χ3v) is 5.03. The average Bonchev–Trinajstić information content (AvgIpc) is 2.38. The van der Waals surface area contributed by atoms with Gasteiger partial charge in [0.2, 0.25) is 0 Å². The Morgan fingerprint density at radius 3 is 2.95 bits per heavy atom. The molecular weight excluding hydrogens is 372 g/mol. The minimum atomic E-state index is -0.133. The number of aliphatic hydroxyl groups is 1. The highest BCUT2D eigenvalue weighted by atomic mass is 79.9. The summed E-state index contributed by atoms with van der Waals surface area (Å²) < 4.78 is 1.96. The predicted octanol–water partition coefficient (Wildman–Crippen LogP) is 3.64. The van der Waals surface area contributed by atoms with Crippen LogP contribution < -0.4 is 5.32 Å². The quantitative estimate of drug-likeness (QED) is 0.823. The molecule has 1 aromatic heterocycles. The molecule has 0 aromatic carbocycles. The summed E-state index contributed by atoms with van der Waals surface area (Å²) in [6, 6.07) is 2.00. The second-order valence-corrected chi connectivity index (χ2v) is 7.35. The molecule has 0 bridgehead atoms. The maximum Gasteiger partial charge on any atom is 0.0684 e. The summed E-state index contributed by atoms with van der Waals surface area (Å²) in [4.78, 5) is 4.41. The van der Waals surface area contributed by atoms with Crippen LogP contribution in [0, 0.1) is 5.92 Å². The lowest BCUT2D eigenvalue weighted by molar-refractivity contribution is 0.0978. The van der Waals surface area contributed by atoms with Crippen molar-refractivity contribution < 1.29 is 5.11 Å². The van der Waals surface area contributed by atoms with E-state index < -0.39 is 0 Å². The number of hydrogen-bond donors (Lipinski definition) is 2. The molecule has 1 heterocycles. The van der Waals surface area contributed by atoms with Gasteiger partial charge in [-0.25, -0.2) is 0 Å². The maximum atomic E-state index is 9.75. The molecule has 19 heavy (non-hydrogen) atoms. The normalized spacial score (nSPS) is 27.5. The van der Waals surface area contributed by atoms with E-state index in [1.54, 1.807) is 6.20 Å². The van der Waals surface area contributed by atoms with Crippen molar-refractivity contribution in [1.82, 2.24) is 10.3 Å². The minimum Gasteiger partial charge on any atom is -0.394 e. The minimum absolute atomic E-state index is 0.133. The molecule has 0 saturated heterocycles. The van der Waals surface area contributed by atoms with Gasteiger partial charge in [-0.1, -0.05) is 19.8 Å². The highest BCUT2D eigenvalue weighted by Gasteiger charge is 2.33. The molecule has 2 unspecified atom stereocenters. The monoisotopic (exact) mass is 390 g/mol.